The lowest BCUT2D eigenvalue weighted by Crippen LogP contribution is -2.13. The molecule has 2 aromatic carbocycles. The van der Waals surface area contributed by atoms with E-state index in [0.717, 1.165) is 30.7 Å². The van der Waals surface area contributed by atoms with Gasteiger partial charge in [0.2, 0.25) is 0 Å². The first kappa shape index (κ1) is 20.1. The molecule has 1 aliphatic carbocycles. The number of rotatable bonds is 8. The first-order chi connectivity index (χ1) is 13.2. The standard InChI is InChI=1S/C26H35F/c1-3-5-6-21-11-14-23(15-12-21)25-18-17-24(26(27)19-25)16-13-22-9-7-20(4-2)8-10-22/h7-10,17-19,21,23H,3-6,11-16H2,1-2H3. The van der Waals surface area contributed by atoms with Crippen LogP contribution < -0.4 is 0 Å². The Balaban J connectivity index is 1.54. The van der Waals surface area contributed by atoms with Gasteiger partial charge < -0.3 is 0 Å². The summed E-state index contributed by atoms with van der Waals surface area (Å²) in [5.41, 5.74) is 4.73. The van der Waals surface area contributed by atoms with Gasteiger partial charge in [-0.1, -0.05) is 69.5 Å². The van der Waals surface area contributed by atoms with Crippen LogP contribution in [0.1, 0.15) is 87.0 Å². The van der Waals surface area contributed by atoms with Crippen molar-refractivity contribution in [1.29, 1.82) is 0 Å². The molecule has 0 saturated heterocycles. The van der Waals surface area contributed by atoms with Gasteiger partial charge in [-0.2, -0.15) is 0 Å². The number of hydrogen-bond donors (Lipinski definition) is 0. The van der Waals surface area contributed by atoms with Crippen molar-refractivity contribution in [2.75, 3.05) is 0 Å². The first-order valence-corrected chi connectivity index (χ1v) is 11.1. The molecular weight excluding hydrogens is 331 g/mol. The Morgan fingerprint density at radius 1 is 0.852 bits per heavy atom. The molecule has 0 atom stereocenters. The monoisotopic (exact) mass is 366 g/mol. The Kier molecular flexibility index (Phi) is 7.50. The van der Waals surface area contributed by atoms with Gasteiger partial charge in [0.25, 0.3) is 0 Å². The number of aryl methyl sites for hydroxylation is 3. The van der Waals surface area contributed by atoms with E-state index < -0.39 is 0 Å². The molecule has 1 fully saturated rings. The van der Waals surface area contributed by atoms with Gasteiger partial charge in [-0.3, -0.25) is 0 Å². The van der Waals surface area contributed by atoms with Gasteiger partial charge in [-0.25, -0.2) is 4.39 Å². The van der Waals surface area contributed by atoms with Gasteiger partial charge in [0.05, 0.1) is 0 Å². The van der Waals surface area contributed by atoms with Gasteiger partial charge in [0.15, 0.2) is 0 Å². The van der Waals surface area contributed by atoms with E-state index in [1.54, 1.807) is 0 Å². The molecule has 0 aromatic heterocycles. The summed E-state index contributed by atoms with van der Waals surface area (Å²) in [6.45, 7) is 4.44. The molecule has 0 aliphatic heterocycles. The Labute approximate surface area is 165 Å². The maximum absolute atomic E-state index is 14.7. The minimum absolute atomic E-state index is 0.00853. The van der Waals surface area contributed by atoms with E-state index in [0.29, 0.717) is 5.92 Å². The smallest absolute Gasteiger partial charge is 0.126 e. The van der Waals surface area contributed by atoms with Crippen LogP contribution in [0.15, 0.2) is 42.5 Å². The molecular formula is C26H35F. The van der Waals surface area contributed by atoms with Crippen LogP contribution in [0.25, 0.3) is 0 Å². The van der Waals surface area contributed by atoms with Gasteiger partial charge in [0, 0.05) is 0 Å². The highest BCUT2D eigenvalue weighted by molar-refractivity contribution is 5.29. The number of unbranched alkanes of at least 4 members (excludes halogenated alkanes) is 1. The molecule has 146 valence electrons. The van der Waals surface area contributed by atoms with E-state index in [-0.39, 0.29) is 5.82 Å². The molecule has 2 aromatic rings. The van der Waals surface area contributed by atoms with Crippen molar-refractivity contribution in [3.63, 3.8) is 0 Å². The van der Waals surface area contributed by atoms with Gasteiger partial charge in [-0.15, -0.1) is 0 Å². The summed E-state index contributed by atoms with van der Waals surface area (Å²) >= 11 is 0. The molecule has 0 nitrogen and oxygen atoms in total. The van der Waals surface area contributed by atoms with Crippen molar-refractivity contribution >= 4 is 0 Å². The lowest BCUT2D eigenvalue weighted by atomic mass is 9.77. The highest BCUT2D eigenvalue weighted by Crippen LogP contribution is 2.38. The third-order valence-corrected chi connectivity index (χ3v) is 6.48. The minimum atomic E-state index is -0.00853. The molecule has 0 unspecified atom stereocenters. The van der Waals surface area contributed by atoms with E-state index in [2.05, 4.69) is 44.2 Å². The largest absolute Gasteiger partial charge is 0.207 e. The molecule has 0 bridgehead atoms. The maximum Gasteiger partial charge on any atom is 0.126 e. The van der Waals surface area contributed by atoms with E-state index >= 15 is 0 Å². The van der Waals surface area contributed by atoms with Crippen molar-refractivity contribution in [3.05, 3.63) is 70.5 Å². The van der Waals surface area contributed by atoms with Gasteiger partial charge in [-0.05, 0) is 85.1 Å². The van der Waals surface area contributed by atoms with Gasteiger partial charge >= 0.3 is 0 Å². The quantitative estimate of drug-likeness (QED) is 0.450. The summed E-state index contributed by atoms with van der Waals surface area (Å²) < 4.78 is 14.7. The summed E-state index contributed by atoms with van der Waals surface area (Å²) in [5, 5.41) is 0. The molecule has 0 amide bonds. The fourth-order valence-corrected chi connectivity index (χ4v) is 4.52. The van der Waals surface area contributed by atoms with Crippen LogP contribution in [0.4, 0.5) is 4.39 Å². The van der Waals surface area contributed by atoms with Crippen molar-refractivity contribution in [3.8, 4) is 0 Å². The van der Waals surface area contributed by atoms with Crippen LogP contribution in [0, 0.1) is 11.7 Å². The minimum Gasteiger partial charge on any atom is -0.207 e. The fourth-order valence-electron chi connectivity index (χ4n) is 4.52. The number of halogens is 1. The molecule has 0 heterocycles. The highest BCUT2D eigenvalue weighted by atomic mass is 19.1. The average Bonchev–Trinajstić information content (AvgIpc) is 2.72. The Morgan fingerprint density at radius 2 is 1.56 bits per heavy atom. The molecule has 0 radical (unpaired) electrons. The normalized spacial score (nSPS) is 20.0. The molecule has 27 heavy (non-hydrogen) atoms. The second-order valence-electron chi connectivity index (χ2n) is 8.38. The number of hydrogen-bond acceptors (Lipinski definition) is 0. The average molecular weight is 367 g/mol. The third kappa shape index (κ3) is 5.67. The van der Waals surface area contributed by atoms with Crippen LogP contribution in [0.2, 0.25) is 0 Å². The van der Waals surface area contributed by atoms with Gasteiger partial charge in [0.1, 0.15) is 5.82 Å². The summed E-state index contributed by atoms with van der Waals surface area (Å²) in [7, 11) is 0. The lowest BCUT2D eigenvalue weighted by molar-refractivity contribution is 0.304. The zero-order chi connectivity index (χ0) is 19.1. The summed E-state index contributed by atoms with van der Waals surface area (Å²) in [5.74, 6) is 1.46. The second-order valence-corrected chi connectivity index (χ2v) is 8.38. The first-order valence-electron chi connectivity index (χ1n) is 11.1. The van der Waals surface area contributed by atoms with Crippen LogP contribution in [0.5, 0.6) is 0 Å². The number of benzene rings is 2. The fraction of sp³-hybridized carbons (Fsp3) is 0.538. The van der Waals surface area contributed by atoms with Crippen LogP contribution in [-0.2, 0) is 19.3 Å². The molecule has 1 heteroatoms. The molecule has 1 aliphatic rings. The topological polar surface area (TPSA) is 0 Å². The SMILES string of the molecule is CCCCC1CCC(c2ccc(CCc3ccc(CC)cc3)c(F)c2)CC1. The Morgan fingerprint density at radius 3 is 2.19 bits per heavy atom. The van der Waals surface area contributed by atoms with Crippen molar-refractivity contribution in [1.82, 2.24) is 0 Å². The maximum atomic E-state index is 14.7. The van der Waals surface area contributed by atoms with E-state index in [4.69, 9.17) is 0 Å². The summed E-state index contributed by atoms with van der Waals surface area (Å²) in [6.07, 6.45) is 11.9. The Hall–Kier alpha value is -1.63. The predicted molar refractivity (Wildman–Crippen MR) is 114 cm³/mol. The third-order valence-electron chi connectivity index (χ3n) is 6.48. The second kappa shape index (κ2) is 10.1. The van der Waals surface area contributed by atoms with Crippen molar-refractivity contribution in [2.24, 2.45) is 5.92 Å². The van der Waals surface area contributed by atoms with E-state index in [1.807, 2.05) is 12.1 Å². The molecule has 3 rings (SSSR count). The highest BCUT2D eigenvalue weighted by Gasteiger charge is 2.22. The van der Waals surface area contributed by atoms with Crippen LogP contribution in [-0.4, -0.2) is 0 Å². The van der Waals surface area contributed by atoms with Crippen molar-refractivity contribution < 1.29 is 4.39 Å². The Bertz CT molecular complexity index is 693. The summed E-state index contributed by atoms with van der Waals surface area (Å²) in [4.78, 5) is 0. The summed E-state index contributed by atoms with van der Waals surface area (Å²) in [6, 6.07) is 14.8. The zero-order valence-electron chi connectivity index (χ0n) is 17.1. The van der Waals surface area contributed by atoms with E-state index in [9.17, 15) is 4.39 Å². The van der Waals surface area contributed by atoms with Crippen molar-refractivity contribution in [2.45, 2.75) is 84.0 Å². The molecule has 0 N–H and O–H groups in total. The molecule has 1 saturated carbocycles. The van der Waals surface area contributed by atoms with Crippen LogP contribution in [0.3, 0.4) is 0 Å². The zero-order valence-corrected chi connectivity index (χ0v) is 17.1. The predicted octanol–water partition coefficient (Wildman–Crippen LogP) is 7.64. The lowest BCUT2D eigenvalue weighted by Gasteiger charge is -2.29. The molecule has 0 spiro atoms. The van der Waals surface area contributed by atoms with E-state index in [1.165, 1.54) is 61.6 Å². The van der Waals surface area contributed by atoms with Crippen LogP contribution >= 0.6 is 0 Å².